The van der Waals surface area contributed by atoms with Crippen LogP contribution < -0.4 is 21.7 Å². The largest absolute Gasteiger partial charge is 0.481 e. The van der Waals surface area contributed by atoms with E-state index < -0.39 is 47.7 Å². The van der Waals surface area contributed by atoms with Crippen LogP contribution in [0.3, 0.4) is 0 Å². The van der Waals surface area contributed by atoms with E-state index >= 15 is 0 Å². The molecule has 6 amide bonds. The number of carboxylic acid groups (broad SMARTS) is 1. The molecule has 0 radical (unpaired) electrons. The first-order valence-corrected chi connectivity index (χ1v) is 12.4. The van der Waals surface area contributed by atoms with Crippen molar-refractivity contribution in [1.29, 1.82) is 0 Å². The summed E-state index contributed by atoms with van der Waals surface area (Å²) in [4.78, 5) is 84.8. The van der Waals surface area contributed by atoms with Crippen LogP contribution >= 0.6 is 0 Å². The molecule has 0 aromatic carbocycles. The van der Waals surface area contributed by atoms with Crippen molar-refractivity contribution in [3.63, 3.8) is 0 Å². The molecule has 0 unspecified atom stereocenters. The normalized spacial score (nSPS) is 15.2. The van der Waals surface area contributed by atoms with E-state index in [9.17, 15) is 38.7 Å². The molecule has 0 spiro atoms. The fourth-order valence-electron chi connectivity index (χ4n) is 3.84. The van der Waals surface area contributed by atoms with Gasteiger partial charge < -0.3 is 26.8 Å². The summed E-state index contributed by atoms with van der Waals surface area (Å²) in [6.07, 6.45) is 1.82. The van der Waals surface area contributed by atoms with Crippen LogP contribution in [0.15, 0.2) is 0 Å². The molecule has 1 heterocycles. The first kappa shape index (κ1) is 31.5. The van der Waals surface area contributed by atoms with Crippen LogP contribution in [-0.4, -0.2) is 76.6 Å². The third kappa shape index (κ3) is 11.8. The van der Waals surface area contributed by atoms with E-state index in [0.29, 0.717) is 32.2 Å². The Bertz CT molecular complexity index is 867. The van der Waals surface area contributed by atoms with Crippen molar-refractivity contribution in [1.82, 2.24) is 20.9 Å². The van der Waals surface area contributed by atoms with Crippen molar-refractivity contribution in [2.45, 2.75) is 90.6 Å². The molecule has 0 aromatic heterocycles. The summed E-state index contributed by atoms with van der Waals surface area (Å²) in [7, 11) is 0. The van der Waals surface area contributed by atoms with Crippen molar-refractivity contribution in [2.75, 3.05) is 13.1 Å². The summed E-state index contributed by atoms with van der Waals surface area (Å²) < 4.78 is 0. The van der Waals surface area contributed by atoms with Gasteiger partial charge >= 0.3 is 12.0 Å². The maximum atomic E-state index is 12.9. The number of nitrogens with one attached hydrogen (secondary N) is 3. The van der Waals surface area contributed by atoms with Gasteiger partial charge in [0.1, 0.15) is 6.04 Å². The zero-order valence-corrected chi connectivity index (χ0v) is 21.8. The Balaban J connectivity index is 2.65. The van der Waals surface area contributed by atoms with E-state index in [4.69, 9.17) is 5.73 Å². The second-order valence-electron chi connectivity index (χ2n) is 10.1. The number of likely N-dealkylation sites (tertiary alicyclic amines) is 1. The van der Waals surface area contributed by atoms with Crippen LogP contribution in [0, 0.1) is 5.41 Å². The van der Waals surface area contributed by atoms with Crippen LogP contribution in [0.25, 0.3) is 0 Å². The highest BCUT2D eigenvalue weighted by Crippen LogP contribution is 2.19. The van der Waals surface area contributed by atoms with Crippen molar-refractivity contribution in [3.05, 3.63) is 0 Å². The van der Waals surface area contributed by atoms with E-state index in [1.165, 1.54) is 4.90 Å². The van der Waals surface area contributed by atoms with Gasteiger partial charge in [0.05, 0.1) is 12.5 Å². The molecule has 2 atom stereocenters. The highest BCUT2D eigenvalue weighted by Gasteiger charge is 2.33. The van der Waals surface area contributed by atoms with Crippen LogP contribution in [0.5, 0.6) is 0 Å². The number of urea groups is 1. The van der Waals surface area contributed by atoms with Gasteiger partial charge in [-0.2, -0.15) is 0 Å². The second-order valence-corrected chi connectivity index (χ2v) is 10.1. The van der Waals surface area contributed by atoms with Gasteiger partial charge in [0.15, 0.2) is 5.78 Å². The number of Topliss-reactive ketones (excluding diaryl/α,β-unsaturated/α-hetero) is 1. The molecular weight excluding hydrogens is 486 g/mol. The minimum absolute atomic E-state index is 0.0223. The van der Waals surface area contributed by atoms with Crippen molar-refractivity contribution in [2.24, 2.45) is 11.1 Å². The lowest BCUT2D eigenvalue weighted by Crippen LogP contribution is -2.54. The lowest BCUT2D eigenvalue weighted by molar-refractivity contribution is -0.141. The smallest absolute Gasteiger partial charge is 0.312 e. The molecule has 6 N–H and O–H groups in total. The monoisotopic (exact) mass is 525 g/mol. The van der Waals surface area contributed by atoms with Crippen LogP contribution in [0.1, 0.15) is 78.6 Å². The molecule has 37 heavy (non-hydrogen) atoms. The minimum Gasteiger partial charge on any atom is -0.481 e. The molecule has 1 rings (SSSR count). The zero-order chi connectivity index (χ0) is 28.2. The first-order valence-electron chi connectivity index (χ1n) is 12.4. The first-order chi connectivity index (χ1) is 17.2. The molecule has 0 saturated carbocycles. The lowest BCUT2D eigenvalue weighted by atomic mass is 9.84. The Morgan fingerprint density at radius 3 is 2.11 bits per heavy atom. The van der Waals surface area contributed by atoms with E-state index in [-0.39, 0.29) is 49.8 Å². The molecule has 0 bridgehead atoms. The number of imide groups is 1. The number of carbonyl (C=O) groups excluding carboxylic acids is 6. The Hall–Kier alpha value is -3.51. The quantitative estimate of drug-likeness (QED) is 0.139. The summed E-state index contributed by atoms with van der Waals surface area (Å²) in [6.45, 7) is 5.53. The fraction of sp³-hybridized carbons (Fsp3) is 0.708. The minimum atomic E-state index is -1.39. The van der Waals surface area contributed by atoms with Crippen LogP contribution in [-0.2, 0) is 28.8 Å². The van der Waals surface area contributed by atoms with Crippen LogP contribution in [0.2, 0.25) is 0 Å². The fourth-order valence-corrected chi connectivity index (χ4v) is 3.84. The average molecular weight is 526 g/mol. The van der Waals surface area contributed by atoms with Crippen molar-refractivity contribution in [3.8, 4) is 0 Å². The summed E-state index contributed by atoms with van der Waals surface area (Å²) in [5, 5.41) is 16.6. The number of ketones is 1. The van der Waals surface area contributed by atoms with E-state index in [1.807, 2.05) is 0 Å². The molecule has 1 fully saturated rings. The van der Waals surface area contributed by atoms with Crippen molar-refractivity contribution < 1.29 is 38.7 Å². The van der Waals surface area contributed by atoms with Crippen LogP contribution in [0.4, 0.5) is 4.79 Å². The maximum absolute atomic E-state index is 12.9. The van der Waals surface area contributed by atoms with Gasteiger partial charge in [-0.05, 0) is 25.7 Å². The third-order valence-electron chi connectivity index (χ3n) is 5.81. The van der Waals surface area contributed by atoms with Crippen molar-refractivity contribution >= 4 is 41.4 Å². The molecule has 0 aliphatic carbocycles. The molecule has 13 heteroatoms. The molecule has 13 nitrogen and oxygen atoms in total. The highest BCUT2D eigenvalue weighted by molar-refractivity contribution is 6.01. The van der Waals surface area contributed by atoms with E-state index in [0.717, 1.165) is 0 Å². The number of amides is 6. The Kier molecular flexibility index (Phi) is 12.7. The van der Waals surface area contributed by atoms with Gasteiger partial charge in [0, 0.05) is 37.8 Å². The van der Waals surface area contributed by atoms with Gasteiger partial charge in [-0.3, -0.25) is 33.7 Å². The Labute approximate surface area is 216 Å². The molecule has 1 aliphatic rings. The topological polar surface area (TPSA) is 205 Å². The summed E-state index contributed by atoms with van der Waals surface area (Å²) in [6, 6.07) is -3.06. The number of unbranched alkanes of at least 4 members (excludes halogenated alkanes) is 2. The lowest BCUT2D eigenvalue weighted by Gasteiger charge is -2.27. The summed E-state index contributed by atoms with van der Waals surface area (Å²) in [5.41, 5.74) is 4.23. The standard InChI is InChI=1S/C24H39N5O8/c1-24(2,3)21(35)15(8-7-12-26-23(25)37)28-22(36)16(14-20(33)34)27-17(30)9-5-4-6-13-29-18(31)10-11-19(29)32/h15-16H,4-14H2,1-3H3,(H,27,30)(H,28,36)(H,33,34)(H3,25,26,37)/t15-,16-/m0/s1. The number of nitrogens with zero attached hydrogens (tertiary/aromatic N) is 1. The molecule has 208 valence electrons. The van der Waals surface area contributed by atoms with E-state index in [1.54, 1.807) is 20.8 Å². The van der Waals surface area contributed by atoms with Gasteiger partial charge in [-0.1, -0.05) is 27.2 Å². The molecule has 1 saturated heterocycles. The van der Waals surface area contributed by atoms with Gasteiger partial charge in [0.2, 0.25) is 23.6 Å². The number of carboxylic acids is 1. The maximum Gasteiger partial charge on any atom is 0.312 e. The number of aliphatic carboxylic acids is 1. The van der Waals surface area contributed by atoms with Gasteiger partial charge in [-0.15, -0.1) is 0 Å². The summed E-state index contributed by atoms with van der Waals surface area (Å²) >= 11 is 0. The zero-order valence-electron chi connectivity index (χ0n) is 21.8. The predicted molar refractivity (Wildman–Crippen MR) is 132 cm³/mol. The van der Waals surface area contributed by atoms with Gasteiger partial charge in [-0.25, -0.2) is 4.79 Å². The number of primary amides is 1. The number of rotatable bonds is 16. The number of hydrogen-bond acceptors (Lipinski definition) is 7. The average Bonchev–Trinajstić information content (AvgIpc) is 3.10. The number of nitrogens with two attached hydrogens (primary N) is 1. The third-order valence-corrected chi connectivity index (χ3v) is 5.81. The SMILES string of the molecule is CC(C)(C)C(=O)[C@H](CCCNC(N)=O)NC(=O)[C@H](CC(=O)O)NC(=O)CCCCCN1C(=O)CCC1=O. The number of carbonyl (C=O) groups is 7. The Morgan fingerprint density at radius 1 is 0.946 bits per heavy atom. The summed E-state index contributed by atoms with van der Waals surface area (Å²) in [5.74, 6) is -3.30. The number of hydrogen-bond donors (Lipinski definition) is 5. The highest BCUT2D eigenvalue weighted by atomic mass is 16.4. The van der Waals surface area contributed by atoms with E-state index in [2.05, 4.69) is 16.0 Å². The Morgan fingerprint density at radius 2 is 1.57 bits per heavy atom. The molecule has 1 aliphatic heterocycles. The molecule has 0 aromatic rings. The molecular formula is C24H39N5O8. The predicted octanol–water partition coefficient (Wildman–Crippen LogP) is 0.204. The van der Waals surface area contributed by atoms with Gasteiger partial charge in [0.25, 0.3) is 0 Å². The second kappa shape index (κ2) is 14.9.